The number of aromatic nitrogens is 3. The van der Waals surface area contributed by atoms with Crippen molar-refractivity contribution >= 4 is 11.6 Å². The zero-order chi connectivity index (χ0) is 14.7. The molecule has 104 valence electrons. The fraction of sp³-hybridized carbons (Fsp3) is 0. The van der Waals surface area contributed by atoms with Crippen LogP contribution in [0.3, 0.4) is 0 Å². The summed E-state index contributed by atoms with van der Waals surface area (Å²) in [6.07, 6.45) is 3.01. The van der Waals surface area contributed by atoms with Crippen molar-refractivity contribution < 1.29 is 9.18 Å². The first kappa shape index (κ1) is 13.0. The molecule has 1 amide bonds. The second kappa shape index (κ2) is 5.54. The van der Waals surface area contributed by atoms with E-state index in [1.165, 1.54) is 18.5 Å². The number of hydrogen-bond donors (Lipinski definition) is 1. The van der Waals surface area contributed by atoms with Gasteiger partial charge in [-0.2, -0.15) is 5.10 Å². The van der Waals surface area contributed by atoms with Gasteiger partial charge in [-0.1, -0.05) is 12.1 Å². The molecule has 3 aromatic rings. The minimum absolute atomic E-state index is 0.0119. The van der Waals surface area contributed by atoms with Crippen LogP contribution in [-0.2, 0) is 0 Å². The third kappa shape index (κ3) is 2.79. The highest BCUT2D eigenvalue weighted by molar-refractivity contribution is 6.04. The summed E-state index contributed by atoms with van der Waals surface area (Å²) in [7, 11) is 0. The van der Waals surface area contributed by atoms with Crippen LogP contribution in [0.25, 0.3) is 5.69 Å². The number of nitrogens with zero attached hydrogens (tertiary/aromatic N) is 3. The van der Waals surface area contributed by atoms with Gasteiger partial charge in [-0.05, 0) is 36.4 Å². The number of hydrogen-bond acceptors (Lipinski definition) is 3. The molecule has 0 spiro atoms. The van der Waals surface area contributed by atoms with Crippen LogP contribution >= 0.6 is 0 Å². The predicted octanol–water partition coefficient (Wildman–Crippen LogP) is 2.66. The monoisotopic (exact) mass is 282 g/mol. The van der Waals surface area contributed by atoms with E-state index in [1.807, 2.05) is 0 Å². The van der Waals surface area contributed by atoms with E-state index in [9.17, 15) is 9.18 Å². The van der Waals surface area contributed by atoms with Crippen molar-refractivity contribution in [1.29, 1.82) is 0 Å². The van der Waals surface area contributed by atoms with Crippen LogP contribution in [0.15, 0.2) is 61.2 Å². The van der Waals surface area contributed by atoms with Crippen molar-refractivity contribution in [2.24, 2.45) is 0 Å². The van der Waals surface area contributed by atoms with E-state index in [1.54, 1.807) is 47.4 Å². The fourth-order valence-electron chi connectivity index (χ4n) is 1.88. The zero-order valence-corrected chi connectivity index (χ0v) is 10.9. The number of carbonyl (C=O) groups excluding carboxylic acids is 1. The Hall–Kier alpha value is -3.02. The molecule has 0 saturated carbocycles. The third-order valence-electron chi connectivity index (χ3n) is 2.93. The summed E-state index contributed by atoms with van der Waals surface area (Å²) in [5, 5.41) is 6.65. The minimum Gasteiger partial charge on any atom is -0.322 e. The highest BCUT2D eigenvalue weighted by Gasteiger charge is 2.10. The summed E-state index contributed by atoms with van der Waals surface area (Å²) in [5.74, 6) is -1.03. The van der Waals surface area contributed by atoms with Gasteiger partial charge in [-0.25, -0.2) is 14.1 Å². The van der Waals surface area contributed by atoms with Crippen LogP contribution in [-0.4, -0.2) is 20.7 Å². The van der Waals surface area contributed by atoms with Gasteiger partial charge in [0.2, 0.25) is 0 Å². The normalized spacial score (nSPS) is 10.3. The molecule has 1 N–H and O–H groups in total. The van der Waals surface area contributed by atoms with Gasteiger partial charge < -0.3 is 5.32 Å². The largest absolute Gasteiger partial charge is 0.322 e. The summed E-state index contributed by atoms with van der Waals surface area (Å²) in [4.78, 5) is 15.8. The van der Waals surface area contributed by atoms with Gasteiger partial charge in [0.15, 0.2) is 0 Å². The molecule has 1 aromatic heterocycles. The smallest absolute Gasteiger partial charge is 0.258 e. The molecule has 0 radical (unpaired) electrons. The van der Waals surface area contributed by atoms with Gasteiger partial charge in [0, 0.05) is 5.69 Å². The second-order valence-corrected chi connectivity index (χ2v) is 4.32. The van der Waals surface area contributed by atoms with E-state index in [4.69, 9.17) is 0 Å². The van der Waals surface area contributed by atoms with E-state index < -0.39 is 11.7 Å². The van der Waals surface area contributed by atoms with Gasteiger partial charge in [0.1, 0.15) is 18.5 Å². The molecule has 0 aliphatic carbocycles. The summed E-state index contributed by atoms with van der Waals surface area (Å²) in [6.45, 7) is 0. The maximum atomic E-state index is 13.5. The Morgan fingerprint density at radius 1 is 1.10 bits per heavy atom. The Balaban J connectivity index is 1.77. The van der Waals surface area contributed by atoms with Crippen LogP contribution < -0.4 is 5.32 Å². The highest BCUT2D eigenvalue weighted by Crippen LogP contribution is 2.14. The predicted molar refractivity (Wildman–Crippen MR) is 75.7 cm³/mol. The lowest BCUT2D eigenvalue weighted by atomic mass is 10.2. The summed E-state index contributed by atoms with van der Waals surface area (Å²) in [5.41, 5.74) is 1.40. The van der Waals surface area contributed by atoms with Gasteiger partial charge in [-0.3, -0.25) is 4.79 Å². The first-order valence-electron chi connectivity index (χ1n) is 6.25. The Morgan fingerprint density at radius 3 is 2.52 bits per heavy atom. The Labute approximate surface area is 120 Å². The van der Waals surface area contributed by atoms with Gasteiger partial charge >= 0.3 is 0 Å². The molecular formula is C15H11FN4O. The summed E-state index contributed by atoms with van der Waals surface area (Å²) < 4.78 is 15.1. The lowest BCUT2D eigenvalue weighted by Gasteiger charge is -2.07. The van der Waals surface area contributed by atoms with Crippen LogP contribution in [0.4, 0.5) is 10.1 Å². The lowest BCUT2D eigenvalue weighted by molar-refractivity contribution is 0.102. The van der Waals surface area contributed by atoms with Crippen LogP contribution in [0.1, 0.15) is 10.4 Å². The third-order valence-corrected chi connectivity index (χ3v) is 2.93. The Kier molecular flexibility index (Phi) is 3.42. The molecule has 21 heavy (non-hydrogen) atoms. The first-order chi connectivity index (χ1) is 10.2. The van der Waals surface area contributed by atoms with E-state index >= 15 is 0 Å². The minimum atomic E-state index is -0.547. The van der Waals surface area contributed by atoms with Gasteiger partial charge in [0.25, 0.3) is 5.91 Å². The molecule has 5 nitrogen and oxygen atoms in total. The molecular weight excluding hydrogens is 271 g/mol. The van der Waals surface area contributed by atoms with Crippen molar-refractivity contribution in [3.05, 3.63) is 72.6 Å². The maximum Gasteiger partial charge on any atom is 0.258 e. The SMILES string of the molecule is O=C(Nc1ccc(-n2cncn2)cc1)c1ccccc1F. The number of halogens is 1. The summed E-state index contributed by atoms with van der Waals surface area (Å²) in [6, 6.07) is 12.9. The van der Waals surface area contributed by atoms with Crippen LogP contribution in [0.5, 0.6) is 0 Å². The fourth-order valence-corrected chi connectivity index (χ4v) is 1.88. The molecule has 0 aliphatic rings. The average Bonchev–Trinajstić information content (AvgIpc) is 3.02. The highest BCUT2D eigenvalue weighted by atomic mass is 19.1. The van der Waals surface area contributed by atoms with Crippen LogP contribution in [0, 0.1) is 5.82 Å². The van der Waals surface area contributed by atoms with Crippen molar-refractivity contribution in [2.75, 3.05) is 5.32 Å². The van der Waals surface area contributed by atoms with Crippen molar-refractivity contribution in [2.45, 2.75) is 0 Å². The van der Waals surface area contributed by atoms with E-state index in [2.05, 4.69) is 15.4 Å². The number of benzene rings is 2. The van der Waals surface area contributed by atoms with Gasteiger partial charge in [0.05, 0.1) is 11.3 Å². The number of nitrogens with one attached hydrogen (secondary N) is 1. The maximum absolute atomic E-state index is 13.5. The number of rotatable bonds is 3. The van der Waals surface area contributed by atoms with E-state index in [0.29, 0.717) is 5.69 Å². The Morgan fingerprint density at radius 2 is 1.86 bits per heavy atom. The molecule has 0 atom stereocenters. The molecule has 0 aliphatic heterocycles. The van der Waals surface area contributed by atoms with E-state index in [-0.39, 0.29) is 5.56 Å². The molecule has 0 saturated heterocycles. The lowest BCUT2D eigenvalue weighted by Crippen LogP contribution is -2.13. The zero-order valence-electron chi connectivity index (χ0n) is 10.9. The van der Waals surface area contributed by atoms with Crippen LogP contribution in [0.2, 0.25) is 0 Å². The number of carbonyl (C=O) groups is 1. The molecule has 6 heteroatoms. The second-order valence-electron chi connectivity index (χ2n) is 4.32. The van der Waals surface area contributed by atoms with Crippen molar-refractivity contribution in [3.63, 3.8) is 0 Å². The topological polar surface area (TPSA) is 59.8 Å². The van der Waals surface area contributed by atoms with Gasteiger partial charge in [-0.15, -0.1) is 0 Å². The Bertz CT molecular complexity index is 754. The first-order valence-corrected chi connectivity index (χ1v) is 6.25. The molecule has 3 rings (SSSR count). The number of anilines is 1. The molecule has 2 aromatic carbocycles. The molecule has 0 bridgehead atoms. The van der Waals surface area contributed by atoms with Crippen molar-refractivity contribution in [1.82, 2.24) is 14.8 Å². The standard InChI is InChI=1S/C15H11FN4O/c16-14-4-2-1-3-13(14)15(21)19-11-5-7-12(8-6-11)20-10-17-9-18-20/h1-10H,(H,19,21). The molecule has 0 fully saturated rings. The average molecular weight is 282 g/mol. The molecule has 0 unspecified atom stereocenters. The molecule has 1 heterocycles. The number of amides is 1. The quantitative estimate of drug-likeness (QED) is 0.803. The summed E-state index contributed by atoms with van der Waals surface area (Å²) >= 11 is 0. The van der Waals surface area contributed by atoms with E-state index in [0.717, 1.165) is 5.69 Å². The van der Waals surface area contributed by atoms with Crippen molar-refractivity contribution in [3.8, 4) is 5.69 Å².